The predicted molar refractivity (Wildman–Crippen MR) is 82.1 cm³/mol. The van der Waals surface area contributed by atoms with E-state index in [2.05, 4.69) is 17.2 Å². The maximum absolute atomic E-state index is 11.4. The first-order valence-electron chi connectivity index (χ1n) is 6.92. The predicted octanol–water partition coefficient (Wildman–Crippen LogP) is 2.70. The third-order valence-electron chi connectivity index (χ3n) is 2.88. The Morgan fingerprint density at radius 3 is 2.86 bits per heavy atom. The summed E-state index contributed by atoms with van der Waals surface area (Å²) in [5, 5.41) is 5.95. The Kier molecular flexibility index (Phi) is 4.11. The summed E-state index contributed by atoms with van der Waals surface area (Å²) < 4.78 is 11.1. The molecule has 1 aromatic carbocycles. The lowest BCUT2D eigenvalue weighted by Crippen LogP contribution is -2.27. The molecule has 0 atom stereocenters. The van der Waals surface area contributed by atoms with Crippen LogP contribution >= 0.6 is 0 Å². The van der Waals surface area contributed by atoms with E-state index in [0.717, 1.165) is 16.9 Å². The Morgan fingerprint density at radius 2 is 2.19 bits per heavy atom. The maximum atomic E-state index is 11.4. The molecule has 1 aliphatic rings. The van der Waals surface area contributed by atoms with Crippen molar-refractivity contribution in [1.82, 2.24) is 5.32 Å². The monoisotopic (exact) mass is 290 g/mol. The van der Waals surface area contributed by atoms with E-state index in [9.17, 15) is 4.79 Å². The Bertz CT molecular complexity index is 574. The fraction of sp³-hybridized carbons (Fsp3) is 0.438. The number of aryl methyl sites for hydroxylation is 1. The van der Waals surface area contributed by atoms with Crippen LogP contribution in [0.15, 0.2) is 24.6 Å². The highest BCUT2D eigenvalue weighted by Gasteiger charge is 2.19. The van der Waals surface area contributed by atoms with Crippen molar-refractivity contribution in [2.45, 2.75) is 39.8 Å². The van der Waals surface area contributed by atoms with Gasteiger partial charge in [-0.3, -0.25) is 4.79 Å². The summed E-state index contributed by atoms with van der Waals surface area (Å²) in [5.41, 5.74) is 2.45. The van der Waals surface area contributed by atoms with Crippen LogP contribution in [-0.2, 0) is 16.1 Å². The molecule has 114 valence electrons. The zero-order valence-electron chi connectivity index (χ0n) is 13.0. The lowest BCUT2D eigenvalue weighted by molar-refractivity contribution is -0.118. The number of anilines is 1. The Labute approximate surface area is 125 Å². The fourth-order valence-electron chi connectivity index (χ4n) is 2.17. The van der Waals surface area contributed by atoms with E-state index in [0.29, 0.717) is 18.1 Å². The Morgan fingerprint density at radius 1 is 1.48 bits per heavy atom. The molecular weight excluding hydrogens is 268 g/mol. The number of hydrogen-bond acceptors (Lipinski definition) is 4. The van der Waals surface area contributed by atoms with Crippen molar-refractivity contribution in [3.8, 4) is 5.75 Å². The second-order valence-electron chi connectivity index (χ2n) is 6.12. The lowest BCUT2D eigenvalue weighted by Gasteiger charge is -2.24. The van der Waals surface area contributed by atoms with Gasteiger partial charge in [0.2, 0.25) is 0 Å². The summed E-state index contributed by atoms with van der Waals surface area (Å²) >= 11 is 0. The number of nitrogens with one attached hydrogen (secondary N) is 2. The van der Waals surface area contributed by atoms with Crippen LogP contribution in [0.4, 0.5) is 5.69 Å². The number of amides is 1. The van der Waals surface area contributed by atoms with E-state index in [4.69, 9.17) is 9.47 Å². The summed E-state index contributed by atoms with van der Waals surface area (Å²) in [7, 11) is 0. The SMILES string of the molecule is C=C(NCc1cc(C)c2c(c1)NC(=O)CO2)OC(C)(C)C. The molecule has 0 saturated heterocycles. The van der Waals surface area contributed by atoms with Crippen LogP contribution in [0, 0.1) is 6.92 Å². The summed E-state index contributed by atoms with van der Waals surface area (Å²) in [6, 6.07) is 3.92. The summed E-state index contributed by atoms with van der Waals surface area (Å²) in [6.45, 7) is 12.4. The molecule has 0 fully saturated rings. The minimum atomic E-state index is -0.280. The molecule has 5 heteroatoms. The van der Waals surface area contributed by atoms with Gasteiger partial charge in [-0.1, -0.05) is 6.07 Å². The molecule has 0 bridgehead atoms. The normalized spacial score (nSPS) is 13.8. The van der Waals surface area contributed by atoms with Gasteiger partial charge in [0.15, 0.2) is 12.5 Å². The molecule has 0 spiro atoms. The van der Waals surface area contributed by atoms with Crippen LogP contribution in [0.5, 0.6) is 5.75 Å². The van der Waals surface area contributed by atoms with Crippen LogP contribution in [0.2, 0.25) is 0 Å². The van der Waals surface area contributed by atoms with Gasteiger partial charge < -0.3 is 20.1 Å². The second kappa shape index (κ2) is 5.68. The van der Waals surface area contributed by atoms with Crippen LogP contribution < -0.4 is 15.4 Å². The van der Waals surface area contributed by atoms with E-state index in [1.165, 1.54) is 0 Å². The molecular formula is C16H22N2O3. The smallest absolute Gasteiger partial charge is 0.262 e. The number of hydrogen-bond donors (Lipinski definition) is 2. The molecule has 0 radical (unpaired) electrons. The van der Waals surface area contributed by atoms with Crippen LogP contribution in [0.25, 0.3) is 0 Å². The van der Waals surface area contributed by atoms with Crippen molar-refractivity contribution in [2.24, 2.45) is 0 Å². The van der Waals surface area contributed by atoms with Crippen LogP contribution in [-0.4, -0.2) is 18.1 Å². The minimum Gasteiger partial charge on any atom is -0.481 e. The Hall–Kier alpha value is -2.17. The number of rotatable bonds is 4. The van der Waals surface area contributed by atoms with Gasteiger partial charge in [0.25, 0.3) is 5.91 Å². The number of carbonyl (C=O) groups is 1. The highest BCUT2D eigenvalue weighted by atomic mass is 16.5. The molecule has 0 aliphatic carbocycles. The zero-order chi connectivity index (χ0) is 15.6. The summed E-state index contributed by atoms with van der Waals surface area (Å²) in [5.74, 6) is 1.13. The molecule has 0 unspecified atom stereocenters. The third-order valence-corrected chi connectivity index (χ3v) is 2.88. The van der Waals surface area contributed by atoms with Gasteiger partial charge in [0.05, 0.1) is 5.69 Å². The molecule has 1 heterocycles. The van der Waals surface area contributed by atoms with Crippen molar-refractivity contribution in [3.05, 3.63) is 35.7 Å². The maximum Gasteiger partial charge on any atom is 0.262 e. The average Bonchev–Trinajstić information content (AvgIpc) is 2.33. The number of fused-ring (bicyclic) bond motifs is 1. The first-order valence-corrected chi connectivity index (χ1v) is 6.92. The molecule has 2 N–H and O–H groups in total. The van der Waals surface area contributed by atoms with Crippen LogP contribution in [0.1, 0.15) is 31.9 Å². The van der Waals surface area contributed by atoms with Crippen molar-refractivity contribution < 1.29 is 14.3 Å². The quantitative estimate of drug-likeness (QED) is 0.837. The standard InChI is InChI=1S/C16H22N2O3/c1-10-6-12(8-17-11(2)21-16(3,4)5)7-13-15(10)20-9-14(19)18-13/h6-7,17H,2,8-9H2,1,3-5H3,(H,18,19). The molecule has 5 nitrogen and oxygen atoms in total. The van der Waals surface area contributed by atoms with Crippen LogP contribution in [0.3, 0.4) is 0 Å². The van der Waals surface area contributed by atoms with E-state index >= 15 is 0 Å². The van der Waals surface area contributed by atoms with Crippen molar-refractivity contribution in [2.75, 3.05) is 11.9 Å². The number of carbonyl (C=O) groups excluding carboxylic acids is 1. The van der Waals surface area contributed by atoms with E-state index < -0.39 is 0 Å². The highest BCUT2D eigenvalue weighted by molar-refractivity contribution is 5.95. The summed E-state index contributed by atoms with van der Waals surface area (Å²) in [4.78, 5) is 11.4. The van der Waals surface area contributed by atoms with E-state index in [-0.39, 0.29) is 18.1 Å². The zero-order valence-corrected chi connectivity index (χ0v) is 13.0. The molecule has 2 rings (SSSR count). The van der Waals surface area contributed by atoms with Gasteiger partial charge in [0.1, 0.15) is 11.4 Å². The van der Waals surface area contributed by atoms with Gasteiger partial charge in [-0.15, -0.1) is 0 Å². The van der Waals surface area contributed by atoms with Gasteiger partial charge in [-0.2, -0.15) is 0 Å². The minimum absolute atomic E-state index is 0.0711. The Balaban J connectivity index is 2.05. The third kappa shape index (κ3) is 4.15. The molecule has 1 amide bonds. The van der Waals surface area contributed by atoms with Gasteiger partial charge >= 0.3 is 0 Å². The largest absolute Gasteiger partial charge is 0.481 e. The van der Waals surface area contributed by atoms with Gasteiger partial charge in [-0.25, -0.2) is 0 Å². The van der Waals surface area contributed by atoms with Gasteiger partial charge in [-0.05, 0) is 51.5 Å². The van der Waals surface area contributed by atoms with Gasteiger partial charge in [0, 0.05) is 6.54 Å². The molecule has 1 aromatic rings. The van der Waals surface area contributed by atoms with E-state index in [1.807, 2.05) is 39.8 Å². The molecule has 21 heavy (non-hydrogen) atoms. The second-order valence-corrected chi connectivity index (χ2v) is 6.12. The van der Waals surface area contributed by atoms with E-state index in [1.54, 1.807) is 0 Å². The first kappa shape index (κ1) is 15.2. The molecule has 0 saturated carbocycles. The number of ether oxygens (including phenoxy) is 2. The van der Waals surface area contributed by atoms with Crippen molar-refractivity contribution in [3.63, 3.8) is 0 Å². The molecule has 0 aromatic heterocycles. The fourth-order valence-corrected chi connectivity index (χ4v) is 2.17. The first-order chi connectivity index (χ1) is 9.74. The number of benzene rings is 1. The van der Waals surface area contributed by atoms with Crippen molar-refractivity contribution >= 4 is 11.6 Å². The lowest BCUT2D eigenvalue weighted by atomic mass is 10.1. The highest BCUT2D eigenvalue weighted by Crippen LogP contribution is 2.32. The van der Waals surface area contributed by atoms with Crippen molar-refractivity contribution in [1.29, 1.82) is 0 Å². The average molecular weight is 290 g/mol. The topological polar surface area (TPSA) is 59.6 Å². The molecule has 1 aliphatic heterocycles. The summed E-state index contributed by atoms with van der Waals surface area (Å²) in [6.07, 6.45) is 0.